The Morgan fingerprint density at radius 2 is 0.690 bits per heavy atom. The standard InChI is InChI=1S/C54H40NP3/c56-58-57-55-54-50(41-31-17-6-18-32-41)48(39-27-13-4-14-28-39)49(40-29-15-5-16-30-40)53-51-45(42-33-19-20-34-43(42)52(53)54)35-44(36-21-7-1-8-22-36)46(37-23-9-2-10-24-37)47(51)38-25-11-3-12-26-38/h1-35,55,57-58H,56H2. The van der Waals surface area contributed by atoms with E-state index in [0.717, 1.165) is 0 Å². The Bertz CT molecular complexity index is 3050. The Morgan fingerprint density at radius 1 is 0.310 bits per heavy atom. The van der Waals surface area contributed by atoms with Crippen LogP contribution in [-0.2, 0) is 0 Å². The fraction of sp³-hybridized carbons (Fsp3) is 0. The molecular formula is C54H40NP3. The molecule has 0 aromatic heterocycles. The molecule has 10 aromatic rings. The molecule has 0 fully saturated rings. The average molecular weight is 796 g/mol. The number of benzene rings is 10. The molecule has 1 nitrogen and oxygen atoms in total. The first-order valence-corrected chi connectivity index (χ1v) is 24.5. The van der Waals surface area contributed by atoms with Crippen molar-refractivity contribution in [2.24, 2.45) is 0 Å². The van der Waals surface area contributed by atoms with Crippen molar-refractivity contribution in [1.82, 2.24) is 0 Å². The number of rotatable bonds is 9. The number of hydrogen-bond donors (Lipinski definition) is 1. The lowest BCUT2D eigenvalue weighted by atomic mass is 9.76. The van der Waals surface area contributed by atoms with Crippen LogP contribution < -0.4 is 5.09 Å². The van der Waals surface area contributed by atoms with Gasteiger partial charge in [-0.3, -0.25) is 0 Å². The lowest BCUT2D eigenvalue weighted by Crippen LogP contribution is -2.01. The monoisotopic (exact) mass is 795 g/mol. The van der Waals surface area contributed by atoms with Gasteiger partial charge in [0.2, 0.25) is 0 Å². The minimum absolute atomic E-state index is 0.527. The van der Waals surface area contributed by atoms with Crippen LogP contribution in [0.25, 0.3) is 99.1 Å². The molecule has 0 aliphatic carbocycles. The van der Waals surface area contributed by atoms with Crippen LogP contribution in [0.15, 0.2) is 212 Å². The number of fused-ring (bicyclic) bond motifs is 6. The molecule has 0 radical (unpaired) electrons. The van der Waals surface area contributed by atoms with E-state index in [-0.39, 0.29) is 0 Å². The predicted octanol–water partition coefficient (Wildman–Crippen LogP) is 16.5. The third kappa shape index (κ3) is 6.42. The van der Waals surface area contributed by atoms with E-state index in [1.165, 1.54) is 105 Å². The van der Waals surface area contributed by atoms with Gasteiger partial charge in [0.1, 0.15) is 0 Å². The van der Waals surface area contributed by atoms with Crippen molar-refractivity contribution in [3.8, 4) is 66.8 Å². The molecule has 0 amide bonds. The van der Waals surface area contributed by atoms with Crippen LogP contribution in [0.5, 0.6) is 0 Å². The second kappa shape index (κ2) is 16.1. The van der Waals surface area contributed by atoms with Gasteiger partial charge in [0.15, 0.2) is 0 Å². The van der Waals surface area contributed by atoms with E-state index in [4.69, 9.17) is 0 Å². The van der Waals surface area contributed by atoms with E-state index >= 15 is 0 Å². The summed E-state index contributed by atoms with van der Waals surface area (Å²) in [6.07, 6.45) is 0. The van der Waals surface area contributed by atoms with Crippen LogP contribution in [0.3, 0.4) is 0 Å². The van der Waals surface area contributed by atoms with Gasteiger partial charge in [0.25, 0.3) is 0 Å². The molecule has 0 spiro atoms. The second-order valence-electron chi connectivity index (χ2n) is 14.5. The maximum Gasteiger partial charge on any atom is 0.0545 e. The summed E-state index contributed by atoms with van der Waals surface area (Å²) in [6.45, 7) is 0. The van der Waals surface area contributed by atoms with E-state index in [1.54, 1.807) is 0 Å². The van der Waals surface area contributed by atoms with Crippen molar-refractivity contribution in [2.75, 3.05) is 5.09 Å². The highest BCUT2D eigenvalue weighted by Gasteiger charge is 2.29. The molecule has 276 valence electrons. The zero-order chi connectivity index (χ0) is 38.8. The van der Waals surface area contributed by atoms with Crippen molar-refractivity contribution in [1.29, 1.82) is 0 Å². The molecular weight excluding hydrogens is 756 g/mol. The van der Waals surface area contributed by atoms with Crippen molar-refractivity contribution < 1.29 is 0 Å². The summed E-state index contributed by atoms with van der Waals surface area (Å²) in [6, 6.07) is 77.8. The summed E-state index contributed by atoms with van der Waals surface area (Å²) >= 11 is 0. The van der Waals surface area contributed by atoms with Crippen LogP contribution >= 0.6 is 25.3 Å². The summed E-state index contributed by atoms with van der Waals surface area (Å²) in [4.78, 5) is 0. The van der Waals surface area contributed by atoms with Gasteiger partial charge in [-0.15, -0.1) is 8.93 Å². The minimum Gasteiger partial charge on any atom is -0.362 e. The van der Waals surface area contributed by atoms with Gasteiger partial charge in [0.05, 0.1) is 5.69 Å². The maximum atomic E-state index is 4.11. The van der Waals surface area contributed by atoms with E-state index in [0.29, 0.717) is 16.4 Å². The van der Waals surface area contributed by atoms with E-state index in [1.807, 2.05) is 0 Å². The van der Waals surface area contributed by atoms with Crippen molar-refractivity contribution >= 4 is 63.3 Å². The smallest absolute Gasteiger partial charge is 0.0545 e. The van der Waals surface area contributed by atoms with Crippen molar-refractivity contribution in [3.63, 3.8) is 0 Å². The summed E-state index contributed by atoms with van der Waals surface area (Å²) in [7, 11) is 4.18. The molecule has 0 saturated carbocycles. The predicted molar refractivity (Wildman–Crippen MR) is 262 cm³/mol. The average Bonchev–Trinajstić information content (AvgIpc) is 3.31. The minimum atomic E-state index is 0.527. The topological polar surface area (TPSA) is 12.0 Å². The fourth-order valence-corrected chi connectivity index (χ4v) is 10.6. The van der Waals surface area contributed by atoms with Crippen molar-refractivity contribution in [3.05, 3.63) is 212 Å². The summed E-state index contributed by atoms with van der Waals surface area (Å²) in [5, 5.41) is 11.6. The van der Waals surface area contributed by atoms with Gasteiger partial charge in [-0.1, -0.05) is 214 Å². The Kier molecular flexibility index (Phi) is 10.1. The first-order valence-electron chi connectivity index (χ1n) is 19.7. The molecule has 0 bridgehead atoms. The molecule has 1 N–H and O–H groups in total. The summed E-state index contributed by atoms with van der Waals surface area (Å²) < 4.78 is 0. The maximum absolute atomic E-state index is 4.11. The highest BCUT2D eigenvalue weighted by atomic mass is 32.4. The van der Waals surface area contributed by atoms with Crippen LogP contribution in [0.2, 0.25) is 0 Å². The number of anilines is 1. The van der Waals surface area contributed by atoms with Crippen LogP contribution in [0, 0.1) is 0 Å². The lowest BCUT2D eigenvalue weighted by molar-refractivity contribution is 1.58. The Morgan fingerprint density at radius 3 is 1.17 bits per heavy atom. The number of nitrogens with one attached hydrogen (secondary N) is 1. The highest BCUT2D eigenvalue weighted by molar-refractivity contribution is 8.39. The molecule has 0 saturated heterocycles. The fourth-order valence-electron chi connectivity index (χ4n) is 8.91. The number of hydrogen-bond acceptors (Lipinski definition) is 1. The molecule has 0 aliphatic heterocycles. The normalized spacial score (nSPS) is 11.7. The molecule has 58 heavy (non-hydrogen) atoms. The molecule has 4 heteroatoms. The van der Waals surface area contributed by atoms with Crippen LogP contribution in [-0.4, -0.2) is 0 Å². The zero-order valence-electron chi connectivity index (χ0n) is 31.8. The van der Waals surface area contributed by atoms with Gasteiger partial charge in [0, 0.05) is 21.9 Å². The third-order valence-corrected chi connectivity index (χ3v) is 13.8. The van der Waals surface area contributed by atoms with Gasteiger partial charge in [-0.05, 0) is 91.7 Å². The van der Waals surface area contributed by atoms with Crippen LogP contribution in [0.4, 0.5) is 5.69 Å². The zero-order valence-corrected chi connectivity index (χ0v) is 34.9. The first-order chi connectivity index (χ1) is 28.8. The summed E-state index contributed by atoms with van der Waals surface area (Å²) in [5.41, 5.74) is 15.7. The molecule has 3 unspecified atom stereocenters. The molecule has 0 heterocycles. The Hall–Kier alpha value is -5.93. The second-order valence-corrected chi connectivity index (χ2v) is 19.5. The molecule has 0 aliphatic rings. The van der Waals surface area contributed by atoms with E-state index in [2.05, 4.69) is 226 Å². The van der Waals surface area contributed by atoms with E-state index < -0.39 is 0 Å². The molecule has 10 aromatic carbocycles. The van der Waals surface area contributed by atoms with Crippen LogP contribution in [0.1, 0.15) is 0 Å². The quantitative estimate of drug-likeness (QED) is 0.113. The Labute approximate surface area is 345 Å². The molecule has 10 rings (SSSR count). The highest BCUT2D eigenvalue weighted by Crippen LogP contribution is 2.58. The largest absolute Gasteiger partial charge is 0.362 e. The summed E-state index contributed by atoms with van der Waals surface area (Å²) in [5.74, 6) is 0. The third-order valence-electron chi connectivity index (χ3n) is 11.2. The van der Waals surface area contributed by atoms with Gasteiger partial charge in [-0.2, -0.15) is 0 Å². The molecule has 3 atom stereocenters. The van der Waals surface area contributed by atoms with Gasteiger partial charge < -0.3 is 5.09 Å². The SMILES string of the molecule is PPPNc1c(-c2ccccc2)c(-c2ccccc2)c(-c2ccccc2)c2c1c1ccccc1c1cc(-c3ccccc3)c(-c3ccccc3)c(-c3ccccc3)c12. The lowest BCUT2D eigenvalue weighted by Gasteiger charge is -2.28. The van der Waals surface area contributed by atoms with Crippen molar-refractivity contribution in [2.45, 2.75) is 0 Å². The van der Waals surface area contributed by atoms with E-state index in [9.17, 15) is 0 Å². The van der Waals surface area contributed by atoms with Gasteiger partial charge in [-0.25, -0.2) is 0 Å². The Balaban J connectivity index is 1.59. The first kappa shape index (κ1) is 36.4. The van der Waals surface area contributed by atoms with Gasteiger partial charge >= 0.3 is 0 Å².